The van der Waals surface area contributed by atoms with Crippen molar-refractivity contribution in [1.82, 2.24) is 14.9 Å². The predicted molar refractivity (Wildman–Crippen MR) is 125 cm³/mol. The molecule has 1 aromatic heterocycles. The van der Waals surface area contributed by atoms with Gasteiger partial charge in [0.05, 0.1) is 28.9 Å². The standard InChI is InChI=1S/C24H39N5O3/c1-4-19-22(32-18-8-6-5-7-9-18)13-12-20(27-19)23(25)21(29(3)26)16-31-24(30)28(2)15-14-17-10-11-17/h12-13,17-18H,4-11,14-16,25-26H2,1-3H3/b23-21-. The highest BCUT2D eigenvalue weighted by Crippen LogP contribution is 2.32. The third kappa shape index (κ3) is 6.76. The van der Waals surface area contributed by atoms with Crippen LogP contribution in [0.4, 0.5) is 4.79 Å². The van der Waals surface area contributed by atoms with E-state index in [1.807, 2.05) is 12.1 Å². The largest absolute Gasteiger partial charge is 0.489 e. The SMILES string of the molecule is CCc1nc(/C(N)=C(\COC(=O)N(C)CCC2CC2)N(C)N)ccc1OC1CCCCC1. The molecule has 2 aliphatic carbocycles. The van der Waals surface area contributed by atoms with Crippen LogP contribution in [0, 0.1) is 5.92 Å². The minimum atomic E-state index is -0.378. The molecule has 8 nitrogen and oxygen atoms in total. The summed E-state index contributed by atoms with van der Waals surface area (Å²) in [6, 6.07) is 3.79. The van der Waals surface area contributed by atoms with Crippen molar-refractivity contribution in [3.63, 3.8) is 0 Å². The van der Waals surface area contributed by atoms with Crippen LogP contribution in [-0.4, -0.2) is 54.3 Å². The normalized spacial score (nSPS) is 17.5. The van der Waals surface area contributed by atoms with Gasteiger partial charge in [-0.2, -0.15) is 0 Å². The number of aromatic nitrogens is 1. The highest BCUT2D eigenvalue weighted by molar-refractivity contribution is 5.68. The van der Waals surface area contributed by atoms with E-state index < -0.39 is 0 Å². The number of hydrazine groups is 1. The number of hydrogen-bond donors (Lipinski definition) is 2. The molecule has 2 saturated carbocycles. The van der Waals surface area contributed by atoms with Crippen molar-refractivity contribution in [2.75, 3.05) is 27.2 Å². The summed E-state index contributed by atoms with van der Waals surface area (Å²) < 4.78 is 11.7. The van der Waals surface area contributed by atoms with E-state index in [0.717, 1.165) is 43.0 Å². The summed E-state index contributed by atoms with van der Waals surface area (Å²) >= 11 is 0. The van der Waals surface area contributed by atoms with E-state index in [9.17, 15) is 4.79 Å². The maximum Gasteiger partial charge on any atom is 0.409 e. The smallest absolute Gasteiger partial charge is 0.409 e. The van der Waals surface area contributed by atoms with Gasteiger partial charge in [0, 0.05) is 20.6 Å². The number of likely N-dealkylation sites (N-methyl/N-ethyl adjacent to an activating group) is 1. The van der Waals surface area contributed by atoms with E-state index in [1.165, 1.54) is 37.1 Å². The lowest BCUT2D eigenvalue weighted by molar-refractivity contribution is 0.112. The molecule has 0 aliphatic heterocycles. The van der Waals surface area contributed by atoms with Crippen molar-refractivity contribution in [2.24, 2.45) is 17.5 Å². The molecule has 0 saturated heterocycles. The Hall–Kier alpha value is -2.48. The highest BCUT2D eigenvalue weighted by atomic mass is 16.6. The van der Waals surface area contributed by atoms with Crippen molar-refractivity contribution in [2.45, 2.75) is 70.8 Å². The third-order valence-electron chi connectivity index (χ3n) is 6.34. The van der Waals surface area contributed by atoms with E-state index in [4.69, 9.17) is 26.0 Å². The van der Waals surface area contributed by atoms with Gasteiger partial charge in [-0.25, -0.2) is 15.6 Å². The fourth-order valence-corrected chi connectivity index (χ4v) is 3.99. The fraction of sp³-hybridized carbons (Fsp3) is 0.667. The summed E-state index contributed by atoms with van der Waals surface area (Å²) in [6.45, 7) is 2.73. The number of aryl methyl sites for hydroxylation is 1. The molecule has 0 radical (unpaired) electrons. The molecule has 32 heavy (non-hydrogen) atoms. The van der Waals surface area contributed by atoms with E-state index in [-0.39, 0.29) is 18.8 Å². The molecule has 0 spiro atoms. The number of rotatable bonds is 10. The second-order valence-electron chi connectivity index (χ2n) is 9.05. The second kappa shape index (κ2) is 11.4. The molecule has 1 heterocycles. The molecule has 0 unspecified atom stereocenters. The van der Waals surface area contributed by atoms with Crippen molar-refractivity contribution in [3.8, 4) is 5.75 Å². The lowest BCUT2D eigenvalue weighted by atomic mass is 9.98. The second-order valence-corrected chi connectivity index (χ2v) is 9.05. The number of ether oxygens (including phenoxy) is 2. The van der Waals surface area contributed by atoms with E-state index >= 15 is 0 Å². The van der Waals surface area contributed by atoms with Gasteiger partial charge in [0.25, 0.3) is 0 Å². The summed E-state index contributed by atoms with van der Waals surface area (Å²) in [5, 5.41) is 1.38. The monoisotopic (exact) mass is 445 g/mol. The Kier molecular flexibility index (Phi) is 8.61. The summed E-state index contributed by atoms with van der Waals surface area (Å²) in [6.07, 6.45) is 10.1. The first-order valence-corrected chi connectivity index (χ1v) is 11.9. The zero-order chi connectivity index (χ0) is 23.1. The Balaban J connectivity index is 1.67. The van der Waals surface area contributed by atoms with Crippen molar-refractivity contribution in [1.29, 1.82) is 0 Å². The Bertz CT molecular complexity index is 801. The minimum Gasteiger partial charge on any atom is -0.489 e. The van der Waals surface area contributed by atoms with Crippen molar-refractivity contribution < 1.29 is 14.3 Å². The summed E-state index contributed by atoms with van der Waals surface area (Å²) in [7, 11) is 3.43. The zero-order valence-electron chi connectivity index (χ0n) is 19.8. The molecular formula is C24H39N5O3. The van der Waals surface area contributed by atoms with Gasteiger partial charge >= 0.3 is 6.09 Å². The lowest BCUT2D eigenvalue weighted by Gasteiger charge is -2.24. The van der Waals surface area contributed by atoms with Gasteiger partial charge in [0.15, 0.2) is 0 Å². The first-order chi connectivity index (χ1) is 15.4. The van der Waals surface area contributed by atoms with Crippen LogP contribution >= 0.6 is 0 Å². The number of amides is 1. The van der Waals surface area contributed by atoms with Crippen LogP contribution in [0.1, 0.15) is 69.7 Å². The third-order valence-corrected chi connectivity index (χ3v) is 6.34. The first kappa shape index (κ1) is 24.2. The van der Waals surface area contributed by atoms with Crippen molar-refractivity contribution >= 4 is 11.8 Å². The average Bonchev–Trinajstić information content (AvgIpc) is 3.62. The molecular weight excluding hydrogens is 406 g/mol. The van der Waals surface area contributed by atoms with Gasteiger partial charge < -0.3 is 25.1 Å². The zero-order valence-corrected chi connectivity index (χ0v) is 19.8. The van der Waals surface area contributed by atoms with Gasteiger partial charge in [-0.3, -0.25) is 0 Å². The Labute approximate surface area is 191 Å². The molecule has 2 aliphatic rings. The van der Waals surface area contributed by atoms with E-state index in [2.05, 4.69) is 6.92 Å². The Morgan fingerprint density at radius 3 is 2.50 bits per heavy atom. The Morgan fingerprint density at radius 2 is 1.88 bits per heavy atom. The molecule has 3 rings (SSSR count). The number of hydrogen-bond acceptors (Lipinski definition) is 7. The molecule has 0 aromatic carbocycles. The molecule has 0 bridgehead atoms. The van der Waals surface area contributed by atoms with Gasteiger partial charge in [-0.1, -0.05) is 26.2 Å². The van der Waals surface area contributed by atoms with Crippen LogP contribution in [0.15, 0.2) is 17.8 Å². The van der Waals surface area contributed by atoms with E-state index in [1.54, 1.807) is 19.0 Å². The van der Waals surface area contributed by atoms with Gasteiger partial charge in [-0.05, 0) is 56.6 Å². The molecule has 1 aromatic rings. The van der Waals surface area contributed by atoms with E-state index in [0.29, 0.717) is 23.6 Å². The molecule has 1 amide bonds. The minimum absolute atomic E-state index is 0.0189. The van der Waals surface area contributed by atoms with Crippen LogP contribution in [0.25, 0.3) is 5.70 Å². The number of nitrogens with two attached hydrogens (primary N) is 2. The van der Waals surface area contributed by atoms with Crippen LogP contribution in [0.2, 0.25) is 0 Å². The van der Waals surface area contributed by atoms with Crippen LogP contribution < -0.4 is 16.3 Å². The number of pyridine rings is 1. The number of carbonyl (C=O) groups excluding carboxylic acids is 1. The summed E-state index contributed by atoms with van der Waals surface area (Å²) in [5.41, 5.74) is 8.78. The van der Waals surface area contributed by atoms with Gasteiger partial charge in [0.2, 0.25) is 0 Å². The first-order valence-electron chi connectivity index (χ1n) is 11.9. The fourth-order valence-electron chi connectivity index (χ4n) is 3.99. The molecule has 0 atom stereocenters. The maximum absolute atomic E-state index is 12.3. The average molecular weight is 446 g/mol. The molecule has 178 valence electrons. The lowest BCUT2D eigenvalue weighted by Crippen LogP contribution is -2.34. The van der Waals surface area contributed by atoms with Crippen molar-refractivity contribution in [3.05, 3.63) is 29.2 Å². The van der Waals surface area contributed by atoms with Gasteiger partial charge in [0.1, 0.15) is 12.4 Å². The van der Waals surface area contributed by atoms with Gasteiger partial charge in [-0.15, -0.1) is 0 Å². The summed E-state index contributed by atoms with van der Waals surface area (Å²) in [5.74, 6) is 7.59. The maximum atomic E-state index is 12.3. The van der Waals surface area contributed by atoms with Crippen LogP contribution in [-0.2, 0) is 11.2 Å². The highest BCUT2D eigenvalue weighted by Gasteiger charge is 2.23. The van der Waals surface area contributed by atoms with Crippen LogP contribution in [0.5, 0.6) is 5.75 Å². The molecule has 2 fully saturated rings. The Morgan fingerprint density at radius 1 is 1.16 bits per heavy atom. The summed E-state index contributed by atoms with van der Waals surface area (Å²) in [4.78, 5) is 18.7. The number of carbonyl (C=O) groups is 1. The quantitative estimate of drug-likeness (QED) is 0.418. The topological polar surface area (TPSA) is 107 Å². The van der Waals surface area contributed by atoms with Crippen LogP contribution in [0.3, 0.4) is 0 Å². The predicted octanol–water partition coefficient (Wildman–Crippen LogP) is 3.66. The molecule has 4 N–H and O–H groups in total. The molecule has 8 heteroatoms. The number of nitrogens with zero attached hydrogens (tertiary/aromatic N) is 3.